The third-order valence-corrected chi connectivity index (χ3v) is 4.54. The molecule has 0 radical (unpaired) electrons. The maximum Gasteiger partial charge on any atom is 0.225 e. The zero-order valence-electron chi connectivity index (χ0n) is 9.24. The number of alkyl halides is 1. The molecular formula is C9H19ClN2O2S. The molecular weight excluding hydrogens is 236 g/mol. The molecule has 1 saturated heterocycles. The van der Waals surface area contributed by atoms with Gasteiger partial charge in [0, 0.05) is 19.1 Å². The second-order valence-corrected chi connectivity index (χ2v) is 6.71. The van der Waals surface area contributed by atoms with E-state index in [0.717, 1.165) is 19.5 Å². The first-order chi connectivity index (χ1) is 6.94. The standard InChI is InChI=1S/C9H19ClN2O2S/c1-8(2)12-4-3-9(6-12)5-11-15(13,14)7-10/h8-9,11H,3-7H2,1-2H3. The number of nitrogens with zero attached hydrogens (tertiary/aromatic N) is 1. The maximum atomic E-state index is 11.1. The van der Waals surface area contributed by atoms with Crippen LogP contribution in [-0.4, -0.2) is 44.2 Å². The van der Waals surface area contributed by atoms with Crippen molar-refractivity contribution in [2.45, 2.75) is 26.3 Å². The number of nitrogens with one attached hydrogen (secondary N) is 1. The van der Waals surface area contributed by atoms with Crippen LogP contribution < -0.4 is 4.72 Å². The normalized spacial score (nSPS) is 23.9. The highest BCUT2D eigenvalue weighted by Crippen LogP contribution is 2.17. The van der Waals surface area contributed by atoms with Crippen LogP contribution in [0.1, 0.15) is 20.3 Å². The molecule has 90 valence electrons. The Balaban J connectivity index is 2.31. The van der Waals surface area contributed by atoms with Gasteiger partial charge in [-0.25, -0.2) is 13.1 Å². The van der Waals surface area contributed by atoms with Crippen LogP contribution in [0.2, 0.25) is 0 Å². The van der Waals surface area contributed by atoms with Gasteiger partial charge in [-0.1, -0.05) is 0 Å². The molecule has 0 aromatic rings. The van der Waals surface area contributed by atoms with E-state index in [4.69, 9.17) is 11.6 Å². The minimum Gasteiger partial charge on any atom is -0.301 e. The molecule has 15 heavy (non-hydrogen) atoms. The van der Waals surface area contributed by atoms with Gasteiger partial charge in [0.1, 0.15) is 5.21 Å². The van der Waals surface area contributed by atoms with E-state index >= 15 is 0 Å². The Morgan fingerprint density at radius 3 is 2.67 bits per heavy atom. The van der Waals surface area contributed by atoms with Crippen molar-refractivity contribution in [1.29, 1.82) is 0 Å². The predicted octanol–water partition coefficient (Wildman–Crippen LogP) is 0.832. The molecule has 1 aliphatic rings. The monoisotopic (exact) mass is 254 g/mol. The molecule has 0 amide bonds. The number of rotatable bonds is 5. The van der Waals surface area contributed by atoms with E-state index in [1.807, 2.05) is 0 Å². The Morgan fingerprint density at radius 2 is 2.20 bits per heavy atom. The van der Waals surface area contributed by atoms with Gasteiger partial charge in [0.05, 0.1) is 0 Å². The fourth-order valence-electron chi connectivity index (χ4n) is 1.78. The van der Waals surface area contributed by atoms with Crippen molar-refractivity contribution in [1.82, 2.24) is 9.62 Å². The quantitative estimate of drug-likeness (QED) is 0.740. The van der Waals surface area contributed by atoms with Crippen LogP contribution in [0.15, 0.2) is 0 Å². The van der Waals surface area contributed by atoms with E-state index < -0.39 is 10.0 Å². The van der Waals surface area contributed by atoms with Gasteiger partial charge in [0.2, 0.25) is 10.0 Å². The molecule has 0 aromatic heterocycles. The van der Waals surface area contributed by atoms with E-state index in [1.54, 1.807) is 0 Å². The van der Waals surface area contributed by atoms with Crippen LogP contribution in [0.5, 0.6) is 0 Å². The summed E-state index contributed by atoms with van der Waals surface area (Å²) in [6, 6.07) is 0.541. The van der Waals surface area contributed by atoms with E-state index in [9.17, 15) is 8.42 Å². The minimum atomic E-state index is -3.25. The van der Waals surface area contributed by atoms with Gasteiger partial charge in [-0.2, -0.15) is 0 Å². The highest BCUT2D eigenvalue weighted by molar-refractivity contribution is 7.90. The van der Waals surface area contributed by atoms with Gasteiger partial charge in [-0.3, -0.25) is 0 Å². The minimum absolute atomic E-state index is 0.354. The second-order valence-electron chi connectivity index (χ2n) is 4.32. The van der Waals surface area contributed by atoms with Gasteiger partial charge in [-0.15, -0.1) is 11.6 Å². The molecule has 6 heteroatoms. The molecule has 0 aromatic carbocycles. The SMILES string of the molecule is CC(C)N1CCC(CNS(=O)(=O)CCl)C1. The number of halogens is 1. The van der Waals surface area contributed by atoms with Gasteiger partial charge >= 0.3 is 0 Å². The molecule has 0 spiro atoms. The largest absolute Gasteiger partial charge is 0.301 e. The average molecular weight is 255 g/mol. The summed E-state index contributed by atoms with van der Waals surface area (Å²) in [5.41, 5.74) is 0. The van der Waals surface area contributed by atoms with Gasteiger partial charge < -0.3 is 4.90 Å². The molecule has 1 aliphatic heterocycles. The van der Waals surface area contributed by atoms with E-state index in [2.05, 4.69) is 23.5 Å². The van der Waals surface area contributed by atoms with E-state index in [1.165, 1.54) is 0 Å². The summed E-state index contributed by atoms with van der Waals surface area (Å²) in [5.74, 6) is 0.422. The summed E-state index contributed by atoms with van der Waals surface area (Å²) in [6.45, 7) is 6.86. The molecule has 0 saturated carbocycles. The Labute approximate surface area is 97.0 Å². The zero-order chi connectivity index (χ0) is 11.5. The van der Waals surface area contributed by atoms with Crippen molar-refractivity contribution in [3.63, 3.8) is 0 Å². The van der Waals surface area contributed by atoms with E-state index in [0.29, 0.717) is 18.5 Å². The van der Waals surface area contributed by atoms with Crippen molar-refractivity contribution in [3.05, 3.63) is 0 Å². The molecule has 1 rings (SSSR count). The maximum absolute atomic E-state index is 11.1. The molecule has 1 fully saturated rings. The highest BCUT2D eigenvalue weighted by atomic mass is 35.5. The number of hydrogen-bond donors (Lipinski definition) is 1. The Hall–Kier alpha value is 0.160. The average Bonchev–Trinajstić information content (AvgIpc) is 2.63. The fraction of sp³-hybridized carbons (Fsp3) is 1.00. The second kappa shape index (κ2) is 5.48. The fourth-order valence-corrected chi connectivity index (χ4v) is 2.58. The molecule has 1 atom stereocenters. The van der Waals surface area contributed by atoms with Crippen LogP contribution in [0.4, 0.5) is 0 Å². The van der Waals surface area contributed by atoms with Crippen molar-refractivity contribution in [2.75, 3.05) is 24.8 Å². The lowest BCUT2D eigenvalue weighted by Gasteiger charge is -2.20. The van der Waals surface area contributed by atoms with Crippen LogP contribution in [-0.2, 0) is 10.0 Å². The number of sulfonamides is 1. The van der Waals surface area contributed by atoms with Gasteiger partial charge in [0.25, 0.3) is 0 Å². The first-order valence-corrected chi connectivity index (χ1v) is 7.40. The molecule has 0 bridgehead atoms. The van der Waals surface area contributed by atoms with Crippen LogP contribution >= 0.6 is 11.6 Å². The zero-order valence-corrected chi connectivity index (χ0v) is 10.8. The van der Waals surface area contributed by atoms with Gasteiger partial charge in [-0.05, 0) is 32.7 Å². The van der Waals surface area contributed by atoms with Crippen LogP contribution in [0.3, 0.4) is 0 Å². The third kappa shape index (κ3) is 4.26. The summed E-state index contributed by atoms with van der Waals surface area (Å²) in [7, 11) is -3.25. The smallest absolute Gasteiger partial charge is 0.225 e. The van der Waals surface area contributed by atoms with Crippen molar-refractivity contribution in [2.24, 2.45) is 5.92 Å². The molecule has 1 N–H and O–H groups in total. The van der Waals surface area contributed by atoms with Gasteiger partial charge in [0.15, 0.2) is 0 Å². The Bertz CT molecular complexity index is 292. The van der Waals surface area contributed by atoms with Crippen LogP contribution in [0, 0.1) is 5.92 Å². The lowest BCUT2D eigenvalue weighted by atomic mass is 10.1. The van der Waals surface area contributed by atoms with E-state index in [-0.39, 0.29) is 5.21 Å². The predicted molar refractivity (Wildman–Crippen MR) is 62.5 cm³/mol. The molecule has 1 heterocycles. The Morgan fingerprint density at radius 1 is 1.53 bits per heavy atom. The molecule has 4 nitrogen and oxygen atoms in total. The first-order valence-electron chi connectivity index (χ1n) is 5.22. The van der Waals surface area contributed by atoms with Crippen molar-refractivity contribution in [3.8, 4) is 0 Å². The highest BCUT2D eigenvalue weighted by Gasteiger charge is 2.24. The summed E-state index contributed by atoms with van der Waals surface area (Å²) in [5, 5.41) is -0.354. The summed E-state index contributed by atoms with van der Waals surface area (Å²) in [6.07, 6.45) is 1.06. The van der Waals surface area contributed by atoms with Crippen LogP contribution in [0.25, 0.3) is 0 Å². The lowest BCUT2D eigenvalue weighted by molar-refractivity contribution is 0.265. The Kier molecular flexibility index (Phi) is 4.83. The molecule has 0 aliphatic carbocycles. The van der Waals surface area contributed by atoms with Crippen molar-refractivity contribution >= 4 is 21.6 Å². The van der Waals surface area contributed by atoms with Crippen molar-refractivity contribution < 1.29 is 8.42 Å². The molecule has 1 unspecified atom stereocenters. The third-order valence-electron chi connectivity index (χ3n) is 2.78. The summed E-state index contributed by atoms with van der Waals surface area (Å²) >= 11 is 5.30. The number of likely N-dealkylation sites (tertiary alicyclic amines) is 1. The lowest BCUT2D eigenvalue weighted by Crippen LogP contribution is -2.33. The first kappa shape index (κ1) is 13.2. The summed E-state index contributed by atoms with van der Waals surface area (Å²) < 4.78 is 24.8. The summed E-state index contributed by atoms with van der Waals surface area (Å²) in [4.78, 5) is 2.36. The topological polar surface area (TPSA) is 49.4 Å². The number of hydrogen-bond acceptors (Lipinski definition) is 3.